The molecule has 230 valence electrons. The lowest BCUT2D eigenvalue weighted by molar-refractivity contribution is -0.199. The van der Waals surface area contributed by atoms with Crippen LogP contribution in [0.25, 0.3) is 21.8 Å². The van der Waals surface area contributed by atoms with E-state index in [2.05, 4.69) is 64.1 Å². The average Bonchev–Trinajstić information content (AvgIpc) is 3.47. The minimum absolute atomic E-state index is 0.0495. The molecule has 3 heterocycles. The molecule has 3 aliphatic carbocycles. The van der Waals surface area contributed by atoms with Crippen LogP contribution in [0.4, 0.5) is 0 Å². The predicted molar refractivity (Wildman–Crippen MR) is 170 cm³/mol. The Bertz CT molecular complexity index is 1470. The van der Waals surface area contributed by atoms with Crippen molar-refractivity contribution in [3.05, 3.63) is 42.7 Å². The molecule has 1 aromatic carbocycles. The molecule has 2 N–H and O–H groups in total. The molecule has 6 atom stereocenters. The fourth-order valence-electron chi connectivity index (χ4n) is 8.25. The second kappa shape index (κ2) is 11.2. The topological polar surface area (TPSA) is 94.5 Å². The average molecular weight is 587 g/mol. The minimum atomic E-state index is -0.664. The van der Waals surface area contributed by atoms with E-state index < -0.39 is 13.2 Å². The van der Waals surface area contributed by atoms with Crippen LogP contribution in [0.15, 0.2) is 42.7 Å². The highest BCUT2D eigenvalue weighted by atomic mass is 16.7. The lowest BCUT2D eigenvalue weighted by Crippen LogP contribution is -2.65. The van der Waals surface area contributed by atoms with Crippen LogP contribution in [0.1, 0.15) is 74.1 Å². The van der Waals surface area contributed by atoms with E-state index in [-0.39, 0.29) is 47.3 Å². The van der Waals surface area contributed by atoms with Gasteiger partial charge in [0.15, 0.2) is 0 Å². The van der Waals surface area contributed by atoms with Crippen LogP contribution in [0.2, 0.25) is 0 Å². The van der Waals surface area contributed by atoms with Crippen LogP contribution in [0, 0.1) is 29.1 Å². The van der Waals surface area contributed by atoms with Gasteiger partial charge in [0.05, 0.1) is 23.2 Å². The molecule has 1 aliphatic heterocycles. The van der Waals surface area contributed by atoms with Gasteiger partial charge in [-0.25, -0.2) is 0 Å². The summed E-state index contributed by atoms with van der Waals surface area (Å²) in [5.74, 6) is 0.980. The molecule has 4 aliphatic rings. The Morgan fingerprint density at radius 1 is 1.00 bits per heavy atom. The number of hydrogen-bond donors (Lipinski definition) is 2. The summed E-state index contributed by atoms with van der Waals surface area (Å²) in [5, 5.41) is 8.41. The van der Waals surface area contributed by atoms with E-state index in [0.29, 0.717) is 24.2 Å². The molecule has 0 spiro atoms. The highest BCUT2D eigenvalue weighted by Gasteiger charge is 2.68. The molecule has 4 fully saturated rings. The van der Waals surface area contributed by atoms with Gasteiger partial charge >= 0.3 is 7.12 Å². The molecule has 0 unspecified atom stereocenters. The summed E-state index contributed by atoms with van der Waals surface area (Å²) in [6.45, 7) is 15.5. The molecule has 9 heteroatoms. The number of rotatable bonds is 10. The third-order valence-electron chi connectivity index (χ3n) is 10.6. The van der Waals surface area contributed by atoms with Gasteiger partial charge in [-0.05, 0) is 73.8 Å². The van der Waals surface area contributed by atoms with Crippen molar-refractivity contribution in [2.24, 2.45) is 29.1 Å². The molecule has 3 aromatic rings. The number of fused-ring (bicyclic) bond motifs is 3. The Balaban J connectivity index is 1.18. The number of pyridine rings is 1. The van der Waals surface area contributed by atoms with Crippen molar-refractivity contribution in [2.45, 2.75) is 104 Å². The predicted octanol–water partition coefficient (Wildman–Crippen LogP) is 5.52. The van der Waals surface area contributed by atoms with E-state index in [1.807, 2.05) is 41.1 Å². The molecule has 2 aromatic heterocycles. The van der Waals surface area contributed by atoms with E-state index >= 15 is 0 Å². The Hall–Kier alpha value is -2.91. The highest BCUT2D eigenvalue weighted by molar-refractivity contribution is 6.48. The van der Waals surface area contributed by atoms with Crippen molar-refractivity contribution in [1.29, 1.82) is 0 Å². The van der Waals surface area contributed by atoms with Crippen LogP contribution >= 0.6 is 0 Å². The summed E-state index contributed by atoms with van der Waals surface area (Å²) in [7, 11) is -0.502. The van der Waals surface area contributed by atoms with Crippen molar-refractivity contribution >= 4 is 40.7 Å². The molecule has 3 saturated carbocycles. The first-order chi connectivity index (χ1) is 20.4. The van der Waals surface area contributed by atoms with Gasteiger partial charge < -0.3 is 24.5 Å². The summed E-state index contributed by atoms with van der Waals surface area (Å²) >= 11 is 0. The van der Waals surface area contributed by atoms with Crippen molar-refractivity contribution < 1.29 is 18.9 Å². The van der Waals surface area contributed by atoms with Gasteiger partial charge in [0.25, 0.3) is 0 Å². The maximum absolute atomic E-state index is 13.9. The Morgan fingerprint density at radius 2 is 1.72 bits per heavy atom. The summed E-state index contributed by atoms with van der Waals surface area (Å²) < 4.78 is 15.4. The first-order valence-corrected chi connectivity index (χ1v) is 16.1. The Labute approximate surface area is 255 Å². The van der Waals surface area contributed by atoms with Crippen LogP contribution < -0.4 is 10.6 Å². The fraction of sp³-hybridized carbons (Fsp3) is 0.618. The molecule has 1 saturated heterocycles. The molecule has 0 radical (unpaired) electrons. The lowest BCUT2D eigenvalue weighted by atomic mass is 9.43. The number of amides is 2. The zero-order chi connectivity index (χ0) is 30.7. The van der Waals surface area contributed by atoms with Crippen molar-refractivity contribution in [1.82, 2.24) is 20.2 Å². The second-order valence-corrected chi connectivity index (χ2v) is 14.8. The Kier molecular flexibility index (Phi) is 7.87. The van der Waals surface area contributed by atoms with Crippen LogP contribution in [0.5, 0.6) is 0 Å². The summed E-state index contributed by atoms with van der Waals surface area (Å²) in [6, 6.07) is 9.30. The number of para-hydroxylation sites is 1. The third-order valence-corrected chi connectivity index (χ3v) is 10.6. The van der Waals surface area contributed by atoms with Crippen molar-refractivity contribution in [3.8, 4) is 0 Å². The first-order valence-electron chi connectivity index (χ1n) is 16.1. The lowest BCUT2D eigenvalue weighted by Gasteiger charge is -2.64. The van der Waals surface area contributed by atoms with E-state index in [4.69, 9.17) is 9.31 Å². The molecule has 7 rings (SSSR count). The third kappa shape index (κ3) is 5.37. The number of hydrogen-bond acceptors (Lipinski definition) is 5. The van der Waals surface area contributed by atoms with Gasteiger partial charge in [0, 0.05) is 28.7 Å². The number of nitrogens with zero attached hydrogens (tertiary/aromatic N) is 2. The quantitative estimate of drug-likeness (QED) is 0.305. The highest BCUT2D eigenvalue weighted by Crippen LogP contribution is 2.65. The normalized spacial score (nSPS) is 27.3. The SMILES string of the molecule is CC(C)C[C@H](NC(=O)[C@H](CC(C)C)NC(=O)Cn1c2ccccc2c2cnccc21)B1O[C@@H]2C[C@@H]3C[C@@H](C3(C)C)[C@]2(C)O1. The van der Waals surface area contributed by atoms with E-state index in [1.165, 1.54) is 6.42 Å². The van der Waals surface area contributed by atoms with E-state index in [9.17, 15) is 9.59 Å². The van der Waals surface area contributed by atoms with Gasteiger partial charge in [-0.2, -0.15) is 0 Å². The summed E-state index contributed by atoms with van der Waals surface area (Å²) in [4.78, 5) is 31.8. The fourth-order valence-corrected chi connectivity index (χ4v) is 8.25. The van der Waals surface area contributed by atoms with Gasteiger partial charge in [-0.1, -0.05) is 59.7 Å². The second-order valence-electron chi connectivity index (χ2n) is 14.8. The standard InChI is InChI=1S/C34H47BN4O4/c1-20(2)14-25(37-31(40)19-39-26-11-9-8-10-23(26)24-18-36-13-12-27(24)39)32(41)38-30(15-21(3)4)35-42-29-17-22-16-28(33(22,5)6)34(29,7)43-35/h8-13,18,20-22,25,28-30H,14-17,19H2,1-7H3,(H,37,40)(H,38,41)/t22-,25-,28-,29+,30-,34-/m0/s1. The molecule has 2 amide bonds. The van der Waals surface area contributed by atoms with E-state index in [0.717, 1.165) is 34.6 Å². The molecular weight excluding hydrogens is 539 g/mol. The summed E-state index contributed by atoms with van der Waals surface area (Å²) in [5.41, 5.74) is 1.82. The van der Waals surface area contributed by atoms with Gasteiger partial charge in [0.2, 0.25) is 11.8 Å². The smallest absolute Gasteiger partial charge is 0.404 e. The summed E-state index contributed by atoms with van der Waals surface area (Å²) in [6.07, 6.45) is 7.08. The molecule has 43 heavy (non-hydrogen) atoms. The maximum atomic E-state index is 13.9. The zero-order valence-electron chi connectivity index (χ0n) is 26.7. The van der Waals surface area contributed by atoms with Crippen molar-refractivity contribution in [2.75, 3.05) is 0 Å². The molecular formula is C34H47BN4O4. The van der Waals surface area contributed by atoms with Crippen LogP contribution in [0.3, 0.4) is 0 Å². The van der Waals surface area contributed by atoms with Crippen LogP contribution in [-0.4, -0.2) is 52.2 Å². The van der Waals surface area contributed by atoms with Gasteiger partial charge in [-0.15, -0.1) is 0 Å². The molecule has 8 nitrogen and oxygen atoms in total. The van der Waals surface area contributed by atoms with Crippen LogP contribution in [-0.2, 0) is 25.4 Å². The number of benzene rings is 1. The number of carbonyl (C=O) groups excluding carboxylic acids is 2. The van der Waals surface area contributed by atoms with Crippen molar-refractivity contribution in [3.63, 3.8) is 0 Å². The van der Waals surface area contributed by atoms with Gasteiger partial charge in [0.1, 0.15) is 12.6 Å². The Morgan fingerprint density at radius 3 is 2.44 bits per heavy atom. The number of carbonyl (C=O) groups is 2. The van der Waals surface area contributed by atoms with E-state index in [1.54, 1.807) is 6.20 Å². The zero-order valence-corrected chi connectivity index (χ0v) is 26.7. The molecule has 2 bridgehead atoms. The number of aromatic nitrogens is 2. The number of nitrogens with one attached hydrogen (secondary N) is 2. The first kappa shape index (κ1) is 30.1. The minimum Gasteiger partial charge on any atom is -0.404 e. The largest absolute Gasteiger partial charge is 0.481 e. The monoisotopic (exact) mass is 586 g/mol. The maximum Gasteiger partial charge on any atom is 0.481 e. The van der Waals surface area contributed by atoms with Gasteiger partial charge in [-0.3, -0.25) is 14.6 Å².